The Hall–Kier alpha value is -5.68. The van der Waals surface area contributed by atoms with Crippen LogP contribution in [-0.2, 0) is 30.0 Å². The number of ether oxygens (including phenoxy) is 3. The average Bonchev–Trinajstić information content (AvgIpc) is 3.18. The number of carbonyl (C=O) groups is 2. The van der Waals surface area contributed by atoms with E-state index in [0.29, 0.717) is 0 Å². The molecule has 10 heteroatoms. The highest BCUT2D eigenvalue weighted by Gasteiger charge is 2.54. The smallest absolute Gasteiger partial charge is 0.338 e. The standard InChI is InChI=1S/C43H41NO8Si/c1-43(2,3)53(35-20-12-6-13-21-35,36-22-14-7-15-23-36)52-39(32-18-10-5-11-19-32)41(49-30-31-16-8-4-9-17-31)40-37(28-29-38(45)51-40)50-42(46)33-24-26-34(27-25-33)44(47)48/h4-29,37,39-41H,30H2,1-3H3/t37-,39+,40+,41+/m0/s1. The maximum absolute atomic E-state index is 13.6. The van der Waals surface area contributed by atoms with Crippen molar-refractivity contribution in [1.29, 1.82) is 0 Å². The lowest BCUT2D eigenvalue weighted by atomic mass is 9.95. The van der Waals surface area contributed by atoms with Crippen molar-refractivity contribution < 1.29 is 33.1 Å². The van der Waals surface area contributed by atoms with Gasteiger partial charge >= 0.3 is 11.9 Å². The summed E-state index contributed by atoms with van der Waals surface area (Å²) in [5, 5.41) is 12.9. The van der Waals surface area contributed by atoms with Crippen molar-refractivity contribution in [3.8, 4) is 0 Å². The molecule has 270 valence electrons. The number of benzene rings is 5. The zero-order valence-electron chi connectivity index (χ0n) is 29.7. The molecule has 0 aromatic heterocycles. The molecule has 0 spiro atoms. The third-order valence-corrected chi connectivity index (χ3v) is 14.3. The van der Waals surface area contributed by atoms with Gasteiger partial charge in [0, 0.05) is 18.2 Å². The van der Waals surface area contributed by atoms with E-state index in [2.05, 4.69) is 45.0 Å². The third kappa shape index (κ3) is 8.36. The van der Waals surface area contributed by atoms with Crippen LogP contribution in [0.15, 0.2) is 158 Å². The number of carbonyl (C=O) groups excluding carboxylic acids is 2. The summed E-state index contributed by atoms with van der Waals surface area (Å²) in [6, 6.07) is 44.9. The number of non-ortho nitro benzene ring substituents is 1. The number of nitrogens with zero attached hydrogens (tertiary/aromatic N) is 1. The highest BCUT2D eigenvalue weighted by atomic mass is 28.4. The highest BCUT2D eigenvalue weighted by Crippen LogP contribution is 2.42. The predicted molar refractivity (Wildman–Crippen MR) is 204 cm³/mol. The van der Waals surface area contributed by atoms with Gasteiger partial charge in [-0.15, -0.1) is 0 Å². The summed E-state index contributed by atoms with van der Waals surface area (Å²) < 4.78 is 26.7. The fourth-order valence-corrected chi connectivity index (χ4v) is 11.4. The van der Waals surface area contributed by atoms with Gasteiger partial charge in [-0.25, -0.2) is 9.59 Å². The highest BCUT2D eigenvalue weighted by molar-refractivity contribution is 6.99. The molecule has 9 nitrogen and oxygen atoms in total. The molecule has 1 heterocycles. The van der Waals surface area contributed by atoms with Gasteiger partial charge in [0.1, 0.15) is 12.2 Å². The number of hydrogen-bond acceptors (Lipinski definition) is 8. The predicted octanol–water partition coefficient (Wildman–Crippen LogP) is 7.51. The first-order chi connectivity index (χ1) is 25.6. The van der Waals surface area contributed by atoms with Crippen LogP contribution in [-0.4, -0.2) is 43.5 Å². The number of cyclic esters (lactones) is 1. The van der Waals surface area contributed by atoms with E-state index in [0.717, 1.165) is 21.5 Å². The molecule has 0 amide bonds. The number of hydrogen-bond donors (Lipinski definition) is 0. The minimum atomic E-state index is -3.27. The zero-order valence-corrected chi connectivity index (χ0v) is 30.7. The van der Waals surface area contributed by atoms with Gasteiger partial charge in [0.05, 0.1) is 17.1 Å². The van der Waals surface area contributed by atoms with E-state index < -0.39 is 54.6 Å². The van der Waals surface area contributed by atoms with E-state index in [1.54, 1.807) is 0 Å². The summed E-state index contributed by atoms with van der Waals surface area (Å²) in [7, 11) is -3.27. The largest absolute Gasteiger partial charge is 0.452 e. The molecule has 1 aliphatic rings. The van der Waals surface area contributed by atoms with Crippen molar-refractivity contribution in [2.45, 2.75) is 56.8 Å². The van der Waals surface area contributed by atoms with Gasteiger partial charge in [-0.1, -0.05) is 142 Å². The van der Waals surface area contributed by atoms with Crippen molar-refractivity contribution >= 4 is 36.3 Å². The fraction of sp³-hybridized carbons (Fsp3) is 0.209. The number of rotatable bonds is 13. The molecule has 0 unspecified atom stereocenters. The lowest BCUT2D eigenvalue weighted by Crippen LogP contribution is -2.68. The second kappa shape index (κ2) is 16.3. The third-order valence-electron chi connectivity index (χ3n) is 9.31. The van der Waals surface area contributed by atoms with Gasteiger partial charge in [-0.3, -0.25) is 10.1 Å². The zero-order chi connectivity index (χ0) is 37.4. The van der Waals surface area contributed by atoms with Crippen molar-refractivity contribution in [2.75, 3.05) is 0 Å². The Balaban J connectivity index is 1.49. The molecule has 0 N–H and O–H groups in total. The quantitative estimate of drug-likeness (QED) is 0.0530. The van der Waals surface area contributed by atoms with Crippen molar-refractivity contribution in [3.05, 3.63) is 185 Å². The molecule has 53 heavy (non-hydrogen) atoms. The summed E-state index contributed by atoms with van der Waals surface area (Å²) >= 11 is 0. The number of nitro benzene ring substituents is 1. The second-order valence-corrected chi connectivity index (χ2v) is 18.1. The van der Waals surface area contributed by atoms with Crippen LogP contribution in [0.3, 0.4) is 0 Å². The van der Waals surface area contributed by atoms with Gasteiger partial charge in [-0.05, 0) is 44.7 Å². The average molecular weight is 728 g/mol. The molecule has 0 saturated heterocycles. The van der Waals surface area contributed by atoms with Crippen LogP contribution >= 0.6 is 0 Å². The van der Waals surface area contributed by atoms with Gasteiger partial charge in [0.25, 0.3) is 14.0 Å². The van der Waals surface area contributed by atoms with E-state index in [1.165, 1.54) is 36.4 Å². The fourth-order valence-electron chi connectivity index (χ4n) is 6.77. The van der Waals surface area contributed by atoms with Crippen LogP contribution in [0.4, 0.5) is 5.69 Å². The molecule has 6 rings (SSSR count). The Morgan fingerprint density at radius 1 is 0.792 bits per heavy atom. The normalized spacial score (nSPS) is 17.0. The van der Waals surface area contributed by atoms with E-state index in [4.69, 9.17) is 18.6 Å². The Labute approximate surface area is 310 Å². The molecule has 0 fully saturated rings. The molecule has 0 saturated carbocycles. The molecule has 4 atom stereocenters. The number of nitro groups is 1. The Morgan fingerprint density at radius 2 is 1.32 bits per heavy atom. The Morgan fingerprint density at radius 3 is 1.85 bits per heavy atom. The van der Waals surface area contributed by atoms with E-state index >= 15 is 0 Å². The van der Waals surface area contributed by atoms with Crippen molar-refractivity contribution in [1.82, 2.24) is 0 Å². The van der Waals surface area contributed by atoms with Gasteiger partial charge < -0.3 is 18.6 Å². The minimum absolute atomic E-state index is 0.101. The van der Waals surface area contributed by atoms with Crippen molar-refractivity contribution in [3.63, 3.8) is 0 Å². The summed E-state index contributed by atoms with van der Waals surface area (Å²) in [5.74, 6) is -1.37. The van der Waals surface area contributed by atoms with Gasteiger partial charge in [0.15, 0.2) is 12.2 Å². The maximum Gasteiger partial charge on any atom is 0.338 e. The maximum atomic E-state index is 13.6. The second-order valence-electron chi connectivity index (χ2n) is 13.8. The van der Waals surface area contributed by atoms with Gasteiger partial charge in [0.2, 0.25) is 0 Å². The molecular weight excluding hydrogens is 687 g/mol. The molecule has 5 aromatic rings. The summed E-state index contributed by atoms with van der Waals surface area (Å²) in [6.07, 6.45) is -1.37. The monoisotopic (exact) mass is 727 g/mol. The van der Waals surface area contributed by atoms with Crippen LogP contribution < -0.4 is 10.4 Å². The lowest BCUT2D eigenvalue weighted by Gasteiger charge is -2.47. The first-order valence-electron chi connectivity index (χ1n) is 17.4. The first-order valence-corrected chi connectivity index (χ1v) is 19.3. The van der Waals surface area contributed by atoms with Crippen LogP contribution in [0.25, 0.3) is 0 Å². The minimum Gasteiger partial charge on any atom is -0.452 e. The Kier molecular flexibility index (Phi) is 11.4. The number of esters is 2. The van der Waals surface area contributed by atoms with Gasteiger partial charge in [-0.2, -0.15) is 0 Å². The topological polar surface area (TPSA) is 114 Å². The molecule has 5 aromatic carbocycles. The molecule has 0 radical (unpaired) electrons. The van der Waals surface area contributed by atoms with Crippen LogP contribution in [0.5, 0.6) is 0 Å². The molecule has 0 aliphatic carbocycles. The SMILES string of the molecule is CC(C)(C)[Si](O[C@H](c1ccccc1)[C@@H](OCc1ccccc1)[C@@H]1OC(=O)C=C[C@@H]1OC(=O)c1ccc([N+](=O)[O-])cc1)(c1ccccc1)c1ccccc1. The summed E-state index contributed by atoms with van der Waals surface area (Å²) in [4.78, 5) is 37.4. The molecular formula is C43H41NO8Si. The van der Waals surface area contributed by atoms with Crippen LogP contribution in [0.1, 0.15) is 48.4 Å². The van der Waals surface area contributed by atoms with E-state index in [9.17, 15) is 19.7 Å². The lowest BCUT2D eigenvalue weighted by molar-refractivity contribution is -0.384. The Bertz CT molecular complexity index is 1980. The first kappa shape index (κ1) is 37.1. The van der Waals surface area contributed by atoms with E-state index in [1.807, 2.05) is 97.1 Å². The van der Waals surface area contributed by atoms with Crippen molar-refractivity contribution in [2.24, 2.45) is 0 Å². The van der Waals surface area contributed by atoms with Crippen LogP contribution in [0, 0.1) is 10.1 Å². The summed E-state index contributed by atoms with van der Waals surface area (Å²) in [5.41, 5.74) is 1.60. The molecule has 0 bridgehead atoms. The van der Waals surface area contributed by atoms with Crippen LogP contribution in [0.2, 0.25) is 5.04 Å². The van der Waals surface area contributed by atoms with E-state index in [-0.39, 0.29) is 17.9 Å². The molecule has 1 aliphatic heterocycles. The summed E-state index contributed by atoms with van der Waals surface area (Å²) in [6.45, 7) is 6.68.